The number of hydrogen-bond acceptors (Lipinski definition) is 3. The third-order valence-electron chi connectivity index (χ3n) is 7.95. The quantitative estimate of drug-likeness (QED) is 0.548. The Balaban J connectivity index is 1.95. The summed E-state index contributed by atoms with van der Waals surface area (Å²) >= 11 is 0. The molecule has 4 heteroatoms. The number of oxazole rings is 1. The first kappa shape index (κ1) is 16.0. The van der Waals surface area contributed by atoms with Gasteiger partial charge in [0.2, 0.25) is 0 Å². The van der Waals surface area contributed by atoms with Crippen molar-refractivity contribution in [1.29, 1.82) is 0 Å². The number of aryl methyl sites for hydroxylation is 1. The number of nitrogens with zero attached hydrogens (tertiary/aromatic N) is 3. The lowest BCUT2D eigenvalue weighted by atomic mass is 9.52. The van der Waals surface area contributed by atoms with Crippen LogP contribution in [-0.4, -0.2) is 9.38 Å². The Bertz CT molecular complexity index is 1050. The molecule has 0 N–H and O–H groups in total. The molecule has 0 aliphatic carbocycles. The van der Waals surface area contributed by atoms with E-state index in [0.717, 1.165) is 5.69 Å². The minimum Gasteiger partial charge on any atom is -0.432 e. The Hall–Kier alpha value is -2.23. The third-order valence-corrected chi connectivity index (χ3v) is 7.95. The number of para-hydroxylation sites is 1. The summed E-state index contributed by atoms with van der Waals surface area (Å²) in [6.45, 7) is 16.5. The van der Waals surface area contributed by atoms with Gasteiger partial charge in [-0.25, -0.2) is 0 Å². The summed E-state index contributed by atoms with van der Waals surface area (Å²) in [5.41, 5.74) is 6.37. The van der Waals surface area contributed by atoms with E-state index >= 15 is 0 Å². The summed E-state index contributed by atoms with van der Waals surface area (Å²) in [6, 6.07) is 6.95. The predicted octanol–water partition coefficient (Wildman–Crippen LogP) is 5.35. The van der Waals surface area contributed by atoms with Crippen molar-refractivity contribution in [2.75, 3.05) is 4.90 Å². The number of imidazole rings is 1. The molecule has 3 aromatic rings. The largest absolute Gasteiger partial charge is 0.432 e. The molecule has 0 radical (unpaired) electrons. The Morgan fingerprint density at radius 3 is 2.58 bits per heavy atom. The summed E-state index contributed by atoms with van der Waals surface area (Å²) in [5.74, 6) is 0.701. The van der Waals surface area contributed by atoms with Crippen molar-refractivity contribution in [3.63, 3.8) is 0 Å². The molecule has 5 rings (SSSR count). The molecule has 2 aliphatic heterocycles. The van der Waals surface area contributed by atoms with Crippen LogP contribution in [0.5, 0.6) is 0 Å². The van der Waals surface area contributed by atoms with Gasteiger partial charge in [-0.2, -0.15) is 4.98 Å². The third kappa shape index (κ3) is 1.40. The maximum absolute atomic E-state index is 5.63. The van der Waals surface area contributed by atoms with Crippen molar-refractivity contribution < 1.29 is 4.42 Å². The number of rotatable bonds is 0. The van der Waals surface area contributed by atoms with Gasteiger partial charge in [0.25, 0.3) is 0 Å². The van der Waals surface area contributed by atoms with Gasteiger partial charge in [-0.3, -0.25) is 4.40 Å². The molecule has 2 aliphatic rings. The molecule has 26 heavy (non-hydrogen) atoms. The molecular formula is C22H27N3O. The number of benzene rings is 1. The maximum atomic E-state index is 5.63. The summed E-state index contributed by atoms with van der Waals surface area (Å²) in [5, 5.41) is 0. The molecule has 136 valence electrons. The van der Waals surface area contributed by atoms with Crippen molar-refractivity contribution in [3.8, 4) is 0 Å². The maximum Gasteiger partial charge on any atom is 0.306 e. The van der Waals surface area contributed by atoms with Crippen LogP contribution in [0.1, 0.15) is 70.1 Å². The second-order valence-corrected chi connectivity index (χ2v) is 9.24. The lowest BCUT2D eigenvalue weighted by molar-refractivity contribution is 0.0619. The van der Waals surface area contributed by atoms with Crippen LogP contribution in [0.15, 0.2) is 35.1 Å². The average Bonchev–Trinajstić information content (AvgIpc) is 3.19. The van der Waals surface area contributed by atoms with Crippen molar-refractivity contribution in [2.45, 2.75) is 65.5 Å². The molecule has 0 bridgehead atoms. The normalized spacial score (nSPS) is 28.1. The molecule has 0 amide bonds. The van der Waals surface area contributed by atoms with Crippen LogP contribution < -0.4 is 4.90 Å². The van der Waals surface area contributed by atoms with Crippen LogP contribution in [0.3, 0.4) is 0 Å². The van der Waals surface area contributed by atoms with Gasteiger partial charge in [0.15, 0.2) is 0 Å². The van der Waals surface area contributed by atoms with Crippen molar-refractivity contribution >= 4 is 11.5 Å². The van der Waals surface area contributed by atoms with Crippen molar-refractivity contribution in [3.05, 3.63) is 53.2 Å². The Labute approximate surface area is 154 Å². The van der Waals surface area contributed by atoms with E-state index in [1.165, 1.54) is 22.5 Å². The zero-order valence-electron chi connectivity index (χ0n) is 16.7. The van der Waals surface area contributed by atoms with Crippen LogP contribution in [0, 0.1) is 12.3 Å². The van der Waals surface area contributed by atoms with E-state index in [4.69, 9.17) is 9.40 Å². The first-order valence-electron chi connectivity index (χ1n) is 9.49. The summed E-state index contributed by atoms with van der Waals surface area (Å²) in [4.78, 5) is 7.50. The number of hydrogen-bond donors (Lipinski definition) is 0. The predicted molar refractivity (Wildman–Crippen MR) is 104 cm³/mol. The van der Waals surface area contributed by atoms with E-state index < -0.39 is 0 Å². The summed E-state index contributed by atoms with van der Waals surface area (Å²) in [6.07, 6.45) is 3.75. The van der Waals surface area contributed by atoms with E-state index in [9.17, 15) is 0 Å². The fourth-order valence-corrected chi connectivity index (χ4v) is 5.64. The van der Waals surface area contributed by atoms with Crippen molar-refractivity contribution in [1.82, 2.24) is 9.38 Å². The molecule has 2 unspecified atom stereocenters. The van der Waals surface area contributed by atoms with Crippen LogP contribution >= 0.6 is 0 Å². The lowest BCUT2D eigenvalue weighted by Gasteiger charge is -2.62. The number of anilines is 1. The van der Waals surface area contributed by atoms with Gasteiger partial charge in [0.05, 0.1) is 23.0 Å². The van der Waals surface area contributed by atoms with Crippen molar-refractivity contribution in [2.24, 2.45) is 5.41 Å². The SMILES string of the molecule is Cc1cccc2c1N1C(C)c3nc4occn4c3C1(C)C(C)(C)C2(C)C. The molecule has 0 fully saturated rings. The standard InChI is InChI=1S/C22H27N3O/c1-13-9-8-10-15-17(13)25-14(2)16-18(24-11-12-26-19(24)23-16)22(25,7)21(5,6)20(15,3)4/h8-12,14H,1-7H3. The highest BCUT2D eigenvalue weighted by Crippen LogP contribution is 2.67. The smallest absolute Gasteiger partial charge is 0.306 e. The molecule has 2 atom stereocenters. The van der Waals surface area contributed by atoms with E-state index in [0.29, 0.717) is 5.84 Å². The highest BCUT2D eigenvalue weighted by molar-refractivity contribution is 5.72. The van der Waals surface area contributed by atoms with Crippen LogP contribution in [0.25, 0.3) is 5.84 Å². The average molecular weight is 349 g/mol. The van der Waals surface area contributed by atoms with E-state index in [1.807, 2.05) is 6.20 Å². The van der Waals surface area contributed by atoms with Gasteiger partial charge >= 0.3 is 5.84 Å². The molecule has 0 spiro atoms. The highest BCUT2D eigenvalue weighted by Gasteiger charge is 2.65. The van der Waals surface area contributed by atoms with E-state index in [-0.39, 0.29) is 22.4 Å². The van der Waals surface area contributed by atoms with Gasteiger partial charge < -0.3 is 9.32 Å². The van der Waals surface area contributed by atoms with Gasteiger partial charge in [-0.05, 0) is 37.3 Å². The molecular weight excluding hydrogens is 322 g/mol. The number of fused-ring (bicyclic) bond motifs is 7. The second kappa shape index (κ2) is 4.36. The zero-order valence-corrected chi connectivity index (χ0v) is 16.7. The molecule has 1 aromatic carbocycles. The first-order valence-corrected chi connectivity index (χ1v) is 9.49. The Kier molecular flexibility index (Phi) is 2.68. The minimum atomic E-state index is -0.187. The topological polar surface area (TPSA) is 33.7 Å². The Morgan fingerprint density at radius 2 is 1.85 bits per heavy atom. The molecule has 4 nitrogen and oxygen atoms in total. The molecule has 2 aromatic heterocycles. The molecule has 4 heterocycles. The first-order chi connectivity index (χ1) is 12.1. The van der Waals surface area contributed by atoms with Gasteiger partial charge in [0.1, 0.15) is 6.26 Å². The summed E-state index contributed by atoms with van der Waals surface area (Å²) in [7, 11) is 0. The Morgan fingerprint density at radius 1 is 1.12 bits per heavy atom. The molecule has 0 saturated carbocycles. The highest BCUT2D eigenvalue weighted by atomic mass is 16.3. The number of aromatic nitrogens is 2. The van der Waals surface area contributed by atoms with Gasteiger partial charge in [-0.15, -0.1) is 0 Å². The summed E-state index contributed by atoms with van der Waals surface area (Å²) < 4.78 is 7.79. The van der Waals surface area contributed by atoms with Crippen LogP contribution in [0.4, 0.5) is 5.69 Å². The minimum absolute atomic E-state index is 0.00875. The molecule has 0 saturated heterocycles. The lowest BCUT2D eigenvalue weighted by Crippen LogP contribution is -2.62. The van der Waals surface area contributed by atoms with Gasteiger partial charge in [-0.1, -0.05) is 45.9 Å². The fourth-order valence-electron chi connectivity index (χ4n) is 5.64. The van der Waals surface area contributed by atoms with Gasteiger partial charge in [0, 0.05) is 17.3 Å². The van der Waals surface area contributed by atoms with Crippen LogP contribution in [-0.2, 0) is 11.0 Å². The zero-order chi connectivity index (χ0) is 18.6. The van der Waals surface area contributed by atoms with E-state index in [2.05, 4.69) is 76.0 Å². The second-order valence-electron chi connectivity index (χ2n) is 9.24. The van der Waals surface area contributed by atoms with Crippen LogP contribution in [0.2, 0.25) is 0 Å². The monoisotopic (exact) mass is 349 g/mol. The van der Waals surface area contributed by atoms with E-state index in [1.54, 1.807) is 6.26 Å². The fraction of sp³-hybridized carbons (Fsp3) is 0.500.